The Labute approximate surface area is 96.0 Å². The first-order chi connectivity index (χ1) is 7.20. The molecule has 2 heterocycles. The van der Waals surface area contributed by atoms with Crippen LogP contribution in [0, 0.1) is 0 Å². The molecule has 0 unspecified atom stereocenters. The van der Waals surface area contributed by atoms with Gasteiger partial charge in [-0.3, -0.25) is 0 Å². The second-order valence-corrected chi connectivity index (χ2v) is 4.38. The first-order valence-electron chi connectivity index (χ1n) is 4.76. The van der Waals surface area contributed by atoms with Crippen molar-refractivity contribution in [2.45, 2.75) is 24.7 Å². The minimum absolute atomic E-state index is 0.151. The van der Waals surface area contributed by atoms with Gasteiger partial charge in [0.1, 0.15) is 10.7 Å². The van der Waals surface area contributed by atoms with Gasteiger partial charge in [0.05, 0.1) is 18.8 Å². The van der Waals surface area contributed by atoms with Crippen LogP contribution in [0.3, 0.4) is 0 Å². The molecule has 5 heteroatoms. The standard InChI is InChI=1S/C10H12BrNO3/c11-10-2-1-6(4-12-10)8-3-7(14)9(5-13)15-8/h1-2,4,7-9,13-14H,3,5H2/t7-,8-,9+/m0/s1. The molecule has 1 aliphatic rings. The summed E-state index contributed by atoms with van der Waals surface area (Å²) in [5.41, 5.74) is 0.924. The Balaban J connectivity index is 2.10. The van der Waals surface area contributed by atoms with Crippen molar-refractivity contribution >= 4 is 15.9 Å². The molecule has 1 aromatic heterocycles. The molecule has 15 heavy (non-hydrogen) atoms. The van der Waals surface area contributed by atoms with Crippen LogP contribution in [0.25, 0.3) is 0 Å². The number of aliphatic hydroxyl groups is 2. The summed E-state index contributed by atoms with van der Waals surface area (Å²) in [6.45, 7) is -0.151. The average Bonchev–Trinajstić information content (AvgIpc) is 2.61. The number of aromatic nitrogens is 1. The third-order valence-corrected chi connectivity index (χ3v) is 2.99. The molecule has 4 nitrogen and oxygen atoms in total. The molecular formula is C10H12BrNO3. The number of halogens is 1. The van der Waals surface area contributed by atoms with E-state index < -0.39 is 12.2 Å². The fourth-order valence-corrected chi connectivity index (χ4v) is 1.92. The fourth-order valence-electron chi connectivity index (χ4n) is 1.69. The number of hydrogen-bond acceptors (Lipinski definition) is 4. The van der Waals surface area contributed by atoms with E-state index in [-0.39, 0.29) is 12.7 Å². The molecule has 1 saturated heterocycles. The van der Waals surface area contributed by atoms with Crippen LogP contribution in [0.5, 0.6) is 0 Å². The molecular weight excluding hydrogens is 262 g/mol. The fraction of sp³-hybridized carbons (Fsp3) is 0.500. The summed E-state index contributed by atoms with van der Waals surface area (Å²) in [4.78, 5) is 4.09. The Kier molecular flexibility index (Phi) is 3.35. The monoisotopic (exact) mass is 273 g/mol. The summed E-state index contributed by atoms with van der Waals surface area (Å²) in [5, 5.41) is 18.5. The van der Waals surface area contributed by atoms with Crippen LogP contribution < -0.4 is 0 Å². The Morgan fingerprint density at radius 3 is 2.87 bits per heavy atom. The van der Waals surface area contributed by atoms with Gasteiger partial charge in [-0.1, -0.05) is 6.07 Å². The molecule has 1 aromatic rings. The Morgan fingerprint density at radius 1 is 1.53 bits per heavy atom. The highest BCUT2D eigenvalue weighted by molar-refractivity contribution is 9.10. The van der Waals surface area contributed by atoms with Crippen LogP contribution >= 0.6 is 15.9 Å². The maximum atomic E-state index is 9.56. The predicted molar refractivity (Wildman–Crippen MR) is 57.3 cm³/mol. The van der Waals surface area contributed by atoms with Gasteiger partial charge in [0.25, 0.3) is 0 Å². The molecule has 0 bridgehead atoms. The number of rotatable bonds is 2. The van der Waals surface area contributed by atoms with E-state index >= 15 is 0 Å². The second kappa shape index (κ2) is 4.57. The van der Waals surface area contributed by atoms with Crippen LogP contribution in [0.1, 0.15) is 18.1 Å². The summed E-state index contributed by atoms with van der Waals surface area (Å²) in [6.07, 6.45) is 0.982. The van der Waals surface area contributed by atoms with Gasteiger partial charge < -0.3 is 14.9 Å². The lowest BCUT2D eigenvalue weighted by Crippen LogP contribution is -2.24. The maximum Gasteiger partial charge on any atom is 0.107 e. The van der Waals surface area contributed by atoms with Crippen molar-refractivity contribution in [2.24, 2.45) is 0 Å². The Hall–Kier alpha value is -0.490. The van der Waals surface area contributed by atoms with Gasteiger partial charge in [0.2, 0.25) is 0 Å². The van der Waals surface area contributed by atoms with Gasteiger partial charge in [-0.05, 0) is 27.6 Å². The van der Waals surface area contributed by atoms with E-state index in [0.717, 1.165) is 10.2 Å². The number of nitrogens with zero attached hydrogens (tertiary/aromatic N) is 1. The van der Waals surface area contributed by atoms with Gasteiger partial charge in [0, 0.05) is 12.6 Å². The summed E-state index contributed by atoms with van der Waals surface area (Å²) in [5.74, 6) is 0. The van der Waals surface area contributed by atoms with Crippen molar-refractivity contribution in [3.05, 3.63) is 28.5 Å². The molecule has 0 aromatic carbocycles. The van der Waals surface area contributed by atoms with E-state index in [0.29, 0.717) is 6.42 Å². The highest BCUT2D eigenvalue weighted by atomic mass is 79.9. The van der Waals surface area contributed by atoms with E-state index in [4.69, 9.17) is 9.84 Å². The van der Waals surface area contributed by atoms with Crippen LogP contribution in [-0.4, -0.2) is 34.0 Å². The smallest absolute Gasteiger partial charge is 0.107 e. The normalized spacial score (nSPS) is 30.7. The highest BCUT2D eigenvalue weighted by Crippen LogP contribution is 2.32. The van der Waals surface area contributed by atoms with Crippen molar-refractivity contribution in [2.75, 3.05) is 6.61 Å². The first-order valence-corrected chi connectivity index (χ1v) is 5.56. The predicted octanol–water partition coefficient (Wildman–Crippen LogP) is 1.03. The zero-order valence-corrected chi connectivity index (χ0v) is 9.59. The minimum Gasteiger partial charge on any atom is -0.394 e. The number of aliphatic hydroxyl groups excluding tert-OH is 2. The van der Waals surface area contributed by atoms with E-state index in [1.807, 2.05) is 12.1 Å². The molecule has 3 atom stereocenters. The highest BCUT2D eigenvalue weighted by Gasteiger charge is 2.34. The third-order valence-electron chi connectivity index (χ3n) is 2.53. The van der Waals surface area contributed by atoms with Gasteiger partial charge in [-0.2, -0.15) is 0 Å². The molecule has 0 radical (unpaired) electrons. The zero-order chi connectivity index (χ0) is 10.8. The van der Waals surface area contributed by atoms with Crippen molar-refractivity contribution in [1.29, 1.82) is 0 Å². The molecule has 1 fully saturated rings. The zero-order valence-electron chi connectivity index (χ0n) is 8.01. The minimum atomic E-state index is -0.594. The summed E-state index contributed by atoms with van der Waals surface area (Å²) in [6, 6.07) is 3.73. The van der Waals surface area contributed by atoms with Crippen molar-refractivity contribution in [1.82, 2.24) is 4.98 Å². The molecule has 0 amide bonds. The van der Waals surface area contributed by atoms with Gasteiger partial charge in [-0.15, -0.1) is 0 Å². The summed E-state index contributed by atoms with van der Waals surface area (Å²) < 4.78 is 6.26. The number of ether oxygens (including phenoxy) is 1. The first kappa shape index (κ1) is 11.0. The van der Waals surface area contributed by atoms with E-state index in [2.05, 4.69) is 20.9 Å². The average molecular weight is 274 g/mol. The van der Waals surface area contributed by atoms with Crippen LogP contribution in [-0.2, 0) is 4.74 Å². The summed E-state index contributed by atoms with van der Waals surface area (Å²) >= 11 is 3.25. The molecule has 1 aliphatic heterocycles. The summed E-state index contributed by atoms with van der Waals surface area (Å²) in [7, 11) is 0. The Morgan fingerprint density at radius 2 is 2.33 bits per heavy atom. The molecule has 0 aliphatic carbocycles. The second-order valence-electron chi connectivity index (χ2n) is 3.56. The van der Waals surface area contributed by atoms with Crippen LogP contribution in [0.2, 0.25) is 0 Å². The topological polar surface area (TPSA) is 62.6 Å². The van der Waals surface area contributed by atoms with E-state index in [1.54, 1.807) is 6.20 Å². The largest absolute Gasteiger partial charge is 0.394 e. The lowest BCUT2D eigenvalue weighted by molar-refractivity contribution is -0.0226. The van der Waals surface area contributed by atoms with Crippen LogP contribution in [0.4, 0.5) is 0 Å². The van der Waals surface area contributed by atoms with Crippen molar-refractivity contribution in [3.63, 3.8) is 0 Å². The van der Waals surface area contributed by atoms with Gasteiger partial charge >= 0.3 is 0 Å². The lowest BCUT2D eigenvalue weighted by atomic mass is 10.1. The maximum absolute atomic E-state index is 9.56. The van der Waals surface area contributed by atoms with Crippen LogP contribution in [0.15, 0.2) is 22.9 Å². The number of hydrogen-bond donors (Lipinski definition) is 2. The third kappa shape index (κ3) is 2.36. The molecule has 2 rings (SSSR count). The van der Waals surface area contributed by atoms with Crippen molar-refractivity contribution < 1.29 is 14.9 Å². The quantitative estimate of drug-likeness (QED) is 0.791. The molecule has 2 N–H and O–H groups in total. The van der Waals surface area contributed by atoms with E-state index in [1.165, 1.54) is 0 Å². The SMILES string of the molecule is OC[C@H]1O[C@H](c2ccc(Br)nc2)C[C@@H]1O. The van der Waals surface area contributed by atoms with Crippen molar-refractivity contribution in [3.8, 4) is 0 Å². The lowest BCUT2D eigenvalue weighted by Gasteiger charge is -2.11. The Bertz CT molecular complexity index is 330. The number of pyridine rings is 1. The molecule has 82 valence electrons. The molecule has 0 spiro atoms. The van der Waals surface area contributed by atoms with Gasteiger partial charge in [0.15, 0.2) is 0 Å². The van der Waals surface area contributed by atoms with E-state index in [9.17, 15) is 5.11 Å². The van der Waals surface area contributed by atoms with Gasteiger partial charge in [-0.25, -0.2) is 4.98 Å². The molecule has 0 saturated carbocycles.